The molecule has 0 fully saturated rings. The molecular formula is C7H3F2IN2O4. The number of hydrogen-bond donors (Lipinski definition) is 1. The number of pyridine rings is 1. The molecule has 0 atom stereocenters. The van der Waals surface area contributed by atoms with Gasteiger partial charge in [-0.05, 0) is 22.6 Å². The van der Waals surface area contributed by atoms with Crippen molar-refractivity contribution in [2.24, 2.45) is 0 Å². The minimum absolute atomic E-state index is 0.268. The quantitative estimate of drug-likeness (QED) is 0.393. The predicted octanol–water partition coefficient (Wildman–Crippen LogP) is 2.23. The number of carboxylic acids is 1. The third kappa shape index (κ3) is 2.23. The van der Waals surface area contributed by atoms with E-state index in [1.165, 1.54) is 22.6 Å². The molecule has 0 aliphatic carbocycles. The zero-order chi connectivity index (χ0) is 12.5. The molecule has 6 nitrogen and oxygen atoms in total. The van der Waals surface area contributed by atoms with Crippen LogP contribution in [-0.4, -0.2) is 21.0 Å². The molecule has 0 aliphatic heterocycles. The lowest BCUT2D eigenvalue weighted by Crippen LogP contribution is -2.10. The molecular weight excluding hydrogens is 341 g/mol. The van der Waals surface area contributed by atoms with E-state index in [-0.39, 0.29) is 3.70 Å². The van der Waals surface area contributed by atoms with Crippen molar-refractivity contribution in [3.05, 3.63) is 31.1 Å². The van der Waals surface area contributed by atoms with Gasteiger partial charge in [-0.25, -0.2) is 18.6 Å². The Hall–Kier alpha value is -1.39. The summed E-state index contributed by atoms with van der Waals surface area (Å²) < 4.78 is 24.9. The molecule has 1 aromatic rings. The summed E-state index contributed by atoms with van der Waals surface area (Å²) in [7, 11) is 0. The fourth-order valence-electron chi connectivity index (χ4n) is 1.06. The van der Waals surface area contributed by atoms with E-state index >= 15 is 0 Å². The molecule has 0 saturated carbocycles. The summed E-state index contributed by atoms with van der Waals surface area (Å²) in [6.07, 6.45) is -2.48. The van der Waals surface area contributed by atoms with Crippen LogP contribution in [0.4, 0.5) is 14.5 Å². The van der Waals surface area contributed by atoms with Gasteiger partial charge in [0.05, 0.1) is 10.5 Å². The van der Waals surface area contributed by atoms with Gasteiger partial charge in [0.15, 0.2) is 5.56 Å². The Kier molecular flexibility index (Phi) is 3.67. The van der Waals surface area contributed by atoms with Crippen molar-refractivity contribution in [2.45, 2.75) is 6.43 Å². The Bertz CT molecular complexity index is 466. The standard InChI is InChI=1S/C7H3F2IN2O4/c8-5(9)4-3(7(13)14)2(12(15)16)1-11-6(4)10/h1,5H,(H,13,14). The fraction of sp³-hybridized carbons (Fsp3) is 0.143. The van der Waals surface area contributed by atoms with Crippen LogP contribution in [0.5, 0.6) is 0 Å². The number of hydrogen-bond acceptors (Lipinski definition) is 4. The van der Waals surface area contributed by atoms with Gasteiger partial charge in [-0.15, -0.1) is 0 Å². The van der Waals surface area contributed by atoms with E-state index in [0.717, 1.165) is 0 Å². The van der Waals surface area contributed by atoms with Gasteiger partial charge < -0.3 is 5.11 Å². The summed E-state index contributed by atoms with van der Waals surface area (Å²) in [6, 6.07) is 0. The van der Waals surface area contributed by atoms with Gasteiger partial charge in [-0.3, -0.25) is 10.1 Å². The van der Waals surface area contributed by atoms with Crippen LogP contribution in [-0.2, 0) is 0 Å². The van der Waals surface area contributed by atoms with Gasteiger partial charge in [-0.1, -0.05) is 0 Å². The molecule has 0 radical (unpaired) electrons. The zero-order valence-corrected chi connectivity index (χ0v) is 9.51. The number of nitrogens with zero attached hydrogens (tertiary/aromatic N) is 2. The highest BCUT2D eigenvalue weighted by molar-refractivity contribution is 14.1. The maximum atomic E-state index is 12.6. The van der Waals surface area contributed by atoms with Gasteiger partial charge in [0, 0.05) is 0 Å². The van der Waals surface area contributed by atoms with Crippen molar-refractivity contribution >= 4 is 34.2 Å². The molecule has 9 heteroatoms. The molecule has 1 aromatic heterocycles. The molecule has 86 valence electrons. The number of carboxylic acid groups (broad SMARTS) is 1. The number of rotatable bonds is 3. The maximum Gasteiger partial charge on any atom is 0.343 e. The van der Waals surface area contributed by atoms with E-state index in [1.54, 1.807) is 0 Å². The Morgan fingerprint density at radius 1 is 1.62 bits per heavy atom. The SMILES string of the molecule is O=C(O)c1c([N+](=O)[O-])cnc(I)c1C(F)F. The summed E-state index contributed by atoms with van der Waals surface area (Å²) in [6.45, 7) is 0. The van der Waals surface area contributed by atoms with Crippen molar-refractivity contribution in [1.82, 2.24) is 4.98 Å². The number of carbonyl (C=O) groups is 1. The minimum atomic E-state index is -3.13. The molecule has 16 heavy (non-hydrogen) atoms. The van der Waals surface area contributed by atoms with Crippen molar-refractivity contribution in [2.75, 3.05) is 0 Å². The van der Waals surface area contributed by atoms with E-state index in [0.29, 0.717) is 6.20 Å². The number of aromatic nitrogens is 1. The highest BCUT2D eigenvalue weighted by Gasteiger charge is 2.31. The number of nitro groups is 1. The maximum absolute atomic E-state index is 12.6. The fourth-order valence-corrected chi connectivity index (χ4v) is 1.70. The Morgan fingerprint density at radius 3 is 2.56 bits per heavy atom. The summed E-state index contributed by atoms with van der Waals surface area (Å²) in [5.74, 6) is -1.78. The lowest BCUT2D eigenvalue weighted by molar-refractivity contribution is -0.385. The normalized spacial score (nSPS) is 10.5. The van der Waals surface area contributed by atoms with Gasteiger partial charge in [0.2, 0.25) is 0 Å². The largest absolute Gasteiger partial charge is 0.477 e. The molecule has 0 amide bonds. The minimum Gasteiger partial charge on any atom is -0.477 e. The molecule has 0 spiro atoms. The van der Waals surface area contributed by atoms with Gasteiger partial charge in [0.25, 0.3) is 6.43 Å². The lowest BCUT2D eigenvalue weighted by Gasteiger charge is -2.06. The molecule has 1 N–H and O–H groups in total. The average Bonchev–Trinajstić information content (AvgIpc) is 2.15. The topological polar surface area (TPSA) is 93.3 Å². The highest BCUT2D eigenvalue weighted by atomic mass is 127. The van der Waals surface area contributed by atoms with Crippen molar-refractivity contribution in [1.29, 1.82) is 0 Å². The highest BCUT2D eigenvalue weighted by Crippen LogP contribution is 2.32. The second-order valence-corrected chi connectivity index (χ2v) is 3.61. The summed E-state index contributed by atoms with van der Waals surface area (Å²) >= 11 is 1.40. The smallest absolute Gasteiger partial charge is 0.343 e. The van der Waals surface area contributed by atoms with Crippen LogP contribution in [0.1, 0.15) is 22.3 Å². The lowest BCUT2D eigenvalue weighted by atomic mass is 10.1. The van der Waals surface area contributed by atoms with E-state index in [2.05, 4.69) is 4.98 Å². The first-order valence-electron chi connectivity index (χ1n) is 3.70. The molecule has 0 aliphatic rings. The summed E-state index contributed by atoms with van der Waals surface area (Å²) in [5.41, 5.74) is -2.88. The van der Waals surface area contributed by atoms with E-state index in [9.17, 15) is 23.7 Å². The summed E-state index contributed by atoms with van der Waals surface area (Å²) in [5, 5.41) is 19.2. The Labute approximate surface area is 101 Å². The van der Waals surface area contributed by atoms with Crippen LogP contribution >= 0.6 is 22.6 Å². The predicted molar refractivity (Wildman–Crippen MR) is 55.5 cm³/mol. The van der Waals surface area contributed by atoms with Crippen LogP contribution in [0.2, 0.25) is 0 Å². The summed E-state index contributed by atoms with van der Waals surface area (Å²) in [4.78, 5) is 23.5. The van der Waals surface area contributed by atoms with Gasteiger partial charge in [0.1, 0.15) is 9.90 Å². The van der Waals surface area contributed by atoms with Gasteiger partial charge >= 0.3 is 11.7 Å². The van der Waals surface area contributed by atoms with E-state index in [1.807, 2.05) is 0 Å². The second-order valence-electron chi connectivity index (χ2n) is 2.59. The third-order valence-electron chi connectivity index (χ3n) is 1.68. The first kappa shape index (κ1) is 12.7. The molecule has 0 saturated heterocycles. The average molecular weight is 344 g/mol. The number of alkyl halides is 2. The Morgan fingerprint density at radius 2 is 2.19 bits per heavy atom. The van der Waals surface area contributed by atoms with Crippen LogP contribution in [0, 0.1) is 13.8 Å². The van der Waals surface area contributed by atoms with Crippen LogP contribution in [0.3, 0.4) is 0 Å². The third-order valence-corrected chi connectivity index (χ3v) is 2.54. The molecule has 0 bridgehead atoms. The van der Waals surface area contributed by atoms with E-state index in [4.69, 9.17) is 5.11 Å². The number of aromatic carboxylic acids is 1. The van der Waals surface area contributed by atoms with Crippen LogP contribution in [0.25, 0.3) is 0 Å². The first-order chi connectivity index (χ1) is 7.36. The van der Waals surface area contributed by atoms with Crippen molar-refractivity contribution in [3.8, 4) is 0 Å². The van der Waals surface area contributed by atoms with Crippen LogP contribution < -0.4 is 0 Å². The monoisotopic (exact) mass is 344 g/mol. The molecule has 1 heterocycles. The number of halogens is 3. The first-order valence-corrected chi connectivity index (χ1v) is 4.78. The van der Waals surface area contributed by atoms with E-state index < -0.39 is 34.1 Å². The molecule has 1 rings (SSSR count). The second kappa shape index (κ2) is 4.63. The molecule has 0 aromatic carbocycles. The molecule has 0 unspecified atom stereocenters. The van der Waals surface area contributed by atoms with Gasteiger partial charge in [-0.2, -0.15) is 0 Å². The zero-order valence-electron chi connectivity index (χ0n) is 7.35. The van der Waals surface area contributed by atoms with Crippen molar-refractivity contribution in [3.63, 3.8) is 0 Å². The Balaban J connectivity index is 3.63. The van der Waals surface area contributed by atoms with Crippen molar-refractivity contribution < 1.29 is 23.6 Å². The van der Waals surface area contributed by atoms with Crippen LogP contribution in [0.15, 0.2) is 6.20 Å².